The summed E-state index contributed by atoms with van der Waals surface area (Å²) in [5, 5.41) is 3.73. The largest absolute Gasteiger partial charge is 0.489 e. The minimum absolute atomic E-state index is 0. The van der Waals surface area contributed by atoms with E-state index >= 15 is 0 Å². The predicted molar refractivity (Wildman–Crippen MR) is 134 cm³/mol. The molecule has 0 radical (unpaired) electrons. The van der Waals surface area contributed by atoms with Crippen molar-refractivity contribution in [1.82, 2.24) is 10.3 Å². The van der Waals surface area contributed by atoms with Gasteiger partial charge in [0.2, 0.25) is 5.89 Å². The molecule has 2 heterocycles. The highest BCUT2D eigenvalue weighted by Crippen LogP contribution is 2.37. The van der Waals surface area contributed by atoms with Crippen molar-refractivity contribution in [3.63, 3.8) is 0 Å². The van der Waals surface area contributed by atoms with Crippen LogP contribution in [0.3, 0.4) is 0 Å². The minimum atomic E-state index is -2.99. The summed E-state index contributed by atoms with van der Waals surface area (Å²) in [6.45, 7) is -0.701. The number of rotatable bonds is 10. The lowest BCUT2D eigenvalue weighted by atomic mass is 10.1. The van der Waals surface area contributed by atoms with Crippen molar-refractivity contribution in [2.75, 3.05) is 6.61 Å². The maximum absolute atomic E-state index is 13.0. The van der Waals surface area contributed by atoms with Gasteiger partial charge in [0.15, 0.2) is 23.0 Å². The molecule has 0 aliphatic heterocycles. The second kappa shape index (κ2) is 11.2. The van der Waals surface area contributed by atoms with Crippen LogP contribution in [-0.4, -0.2) is 24.1 Å². The summed E-state index contributed by atoms with van der Waals surface area (Å²) in [6, 6.07) is 11.3. The summed E-state index contributed by atoms with van der Waals surface area (Å²) in [4.78, 5) is 17.4. The minimum Gasteiger partial charge on any atom is -0.489 e. The maximum Gasteiger partial charge on any atom is 0.387 e. The Labute approximate surface area is 217 Å². The van der Waals surface area contributed by atoms with E-state index in [1.54, 1.807) is 13.2 Å². The monoisotopic (exact) mass is 533 g/mol. The predicted octanol–water partition coefficient (Wildman–Crippen LogP) is 5.85. The van der Waals surface area contributed by atoms with E-state index in [-0.39, 0.29) is 47.8 Å². The molecular weight excluding hydrogens is 508 g/mol. The molecule has 11 heteroatoms. The Hall–Kier alpha value is -3.63. The fourth-order valence-electron chi connectivity index (χ4n) is 3.79. The Morgan fingerprint density at radius 3 is 2.73 bits per heavy atom. The van der Waals surface area contributed by atoms with Gasteiger partial charge < -0.3 is 29.4 Å². The molecule has 3 N–H and O–H groups in total. The van der Waals surface area contributed by atoms with Crippen molar-refractivity contribution in [2.45, 2.75) is 39.0 Å². The number of oxazole rings is 1. The third-order valence-corrected chi connectivity index (χ3v) is 5.86. The van der Waals surface area contributed by atoms with Gasteiger partial charge in [-0.3, -0.25) is 4.79 Å². The number of hydrogen-bond donors (Lipinski definition) is 2. The fourth-order valence-corrected chi connectivity index (χ4v) is 3.79. The standard InChI is InChI=1S/C26H25F2N3O5.ClH/c1-14(29)23-22(24(32)30-11-17-13-34-19-5-3-2-4-18(17)19)31-25(36-23)16-8-9-20(35-26(27)28)21(10-16)33-12-15-6-7-15;/h2-5,8-10,13-15,26H,6-7,11-12,29H2,1H3,(H,30,32);1H/t14-;/m0./s1. The second-order valence-electron chi connectivity index (χ2n) is 8.75. The van der Waals surface area contributed by atoms with E-state index in [4.69, 9.17) is 19.3 Å². The highest BCUT2D eigenvalue weighted by atomic mass is 35.5. The molecule has 1 fully saturated rings. The molecule has 196 valence electrons. The molecule has 1 atom stereocenters. The summed E-state index contributed by atoms with van der Waals surface area (Å²) in [7, 11) is 0. The summed E-state index contributed by atoms with van der Waals surface area (Å²) in [6.07, 6.45) is 3.67. The first-order valence-electron chi connectivity index (χ1n) is 11.6. The van der Waals surface area contributed by atoms with Crippen LogP contribution in [0.5, 0.6) is 11.5 Å². The van der Waals surface area contributed by atoms with Crippen LogP contribution in [0, 0.1) is 5.92 Å². The Balaban J connectivity index is 0.00000320. The van der Waals surface area contributed by atoms with Crippen molar-refractivity contribution in [3.05, 3.63) is 65.7 Å². The molecule has 0 unspecified atom stereocenters. The normalized spacial score (nSPS) is 13.9. The van der Waals surface area contributed by atoms with E-state index in [0.29, 0.717) is 18.1 Å². The topological polar surface area (TPSA) is 113 Å². The molecule has 5 rings (SSSR count). The number of carbonyl (C=O) groups excluding carboxylic acids is 1. The number of carbonyl (C=O) groups is 1. The Bertz CT molecular complexity index is 1380. The molecule has 4 aromatic rings. The number of amides is 1. The van der Waals surface area contributed by atoms with Gasteiger partial charge in [0.05, 0.1) is 18.9 Å². The lowest BCUT2D eigenvalue weighted by molar-refractivity contribution is -0.0515. The van der Waals surface area contributed by atoms with Crippen molar-refractivity contribution in [3.8, 4) is 23.0 Å². The van der Waals surface area contributed by atoms with Crippen LogP contribution in [-0.2, 0) is 6.54 Å². The number of fused-ring (bicyclic) bond motifs is 1. The van der Waals surface area contributed by atoms with Crippen molar-refractivity contribution in [2.24, 2.45) is 11.7 Å². The first-order chi connectivity index (χ1) is 17.4. The van der Waals surface area contributed by atoms with E-state index in [0.717, 1.165) is 29.4 Å². The molecule has 1 aliphatic rings. The van der Waals surface area contributed by atoms with Gasteiger partial charge in [0, 0.05) is 23.1 Å². The summed E-state index contributed by atoms with van der Waals surface area (Å²) in [5.74, 6) is 0.318. The molecule has 0 spiro atoms. The molecule has 2 aromatic heterocycles. The molecule has 1 amide bonds. The fraction of sp³-hybridized carbons (Fsp3) is 0.308. The van der Waals surface area contributed by atoms with Crippen LogP contribution >= 0.6 is 12.4 Å². The molecule has 8 nitrogen and oxygen atoms in total. The SMILES string of the molecule is C[C@H](N)c1oc(-c2ccc(OC(F)F)c(OCC3CC3)c2)nc1C(=O)NCc1coc2ccccc12.Cl. The lowest BCUT2D eigenvalue weighted by Crippen LogP contribution is -2.25. The first-order valence-corrected chi connectivity index (χ1v) is 11.6. The van der Waals surface area contributed by atoms with Gasteiger partial charge in [0.1, 0.15) is 5.58 Å². The van der Waals surface area contributed by atoms with Crippen molar-refractivity contribution < 1.29 is 31.9 Å². The van der Waals surface area contributed by atoms with E-state index in [1.807, 2.05) is 24.3 Å². The highest BCUT2D eigenvalue weighted by Gasteiger charge is 2.26. The van der Waals surface area contributed by atoms with E-state index in [2.05, 4.69) is 15.0 Å². The number of aromatic nitrogens is 1. The highest BCUT2D eigenvalue weighted by molar-refractivity contribution is 5.94. The molecular formula is C26H26ClF2N3O5. The summed E-state index contributed by atoms with van der Waals surface area (Å²) in [5.41, 5.74) is 8.07. The molecule has 0 bridgehead atoms. The van der Waals surface area contributed by atoms with Crippen molar-refractivity contribution in [1.29, 1.82) is 0 Å². The molecule has 0 saturated heterocycles. The van der Waals surface area contributed by atoms with E-state index < -0.39 is 18.6 Å². The van der Waals surface area contributed by atoms with Crippen molar-refractivity contribution >= 4 is 29.3 Å². The zero-order valence-electron chi connectivity index (χ0n) is 19.9. The van der Waals surface area contributed by atoms with Gasteiger partial charge in [-0.05, 0) is 49.9 Å². The number of nitrogens with two attached hydrogens (primary N) is 1. The van der Waals surface area contributed by atoms with Crippen LogP contribution < -0.4 is 20.5 Å². The van der Waals surface area contributed by atoms with Gasteiger partial charge in [-0.2, -0.15) is 8.78 Å². The van der Waals surface area contributed by atoms with E-state index in [1.165, 1.54) is 18.2 Å². The first kappa shape index (κ1) is 26.4. The number of furan rings is 1. The average Bonchev–Trinajstić information content (AvgIpc) is 3.42. The molecule has 2 aromatic carbocycles. The van der Waals surface area contributed by atoms with Crippen LogP contribution in [0.15, 0.2) is 57.6 Å². The number of alkyl halides is 2. The number of benzene rings is 2. The van der Waals surface area contributed by atoms with Crippen LogP contribution in [0.25, 0.3) is 22.4 Å². The zero-order valence-corrected chi connectivity index (χ0v) is 20.7. The number of hydrogen-bond acceptors (Lipinski definition) is 7. The number of nitrogens with zero attached hydrogens (tertiary/aromatic N) is 1. The molecule has 1 saturated carbocycles. The Morgan fingerprint density at radius 2 is 2.00 bits per heavy atom. The quantitative estimate of drug-likeness (QED) is 0.263. The molecule has 37 heavy (non-hydrogen) atoms. The number of para-hydroxylation sites is 1. The summed E-state index contributed by atoms with van der Waals surface area (Å²) >= 11 is 0. The number of halogens is 3. The second-order valence-corrected chi connectivity index (χ2v) is 8.75. The third kappa shape index (κ3) is 6.03. The van der Waals surface area contributed by atoms with E-state index in [9.17, 15) is 13.6 Å². The molecule has 1 aliphatic carbocycles. The average molecular weight is 534 g/mol. The van der Waals surface area contributed by atoms with Gasteiger partial charge in [0.25, 0.3) is 5.91 Å². The Morgan fingerprint density at radius 1 is 1.22 bits per heavy atom. The third-order valence-electron chi connectivity index (χ3n) is 5.86. The van der Waals surface area contributed by atoms with Crippen LogP contribution in [0.1, 0.15) is 47.6 Å². The Kier molecular flexibility index (Phi) is 7.99. The lowest BCUT2D eigenvalue weighted by Gasteiger charge is -2.12. The zero-order chi connectivity index (χ0) is 25.2. The van der Waals surface area contributed by atoms with Gasteiger partial charge in [-0.25, -0.2) is 4.98 Å². The summed E-state index contributed by atoms with van der Waals surface area (Å²) < 4.78 is 47.4. The number of ether oxygens (including phenoxy) is 2. The smallest absolute Gasteiger partial charge is 0.387 e. The van der Waals surface area contributed by atoms with Crippen LogP contribution in [0.2, 0.25) is 0 Å². The maximum atomic E-state index is 13.0. The van der Waals surface area contributed by atoms with Crippen LogP contribution in [0.4, 0.5) is 8.78 Å². The van der Waals surface area contributed by atoms with Gasteiger partial charge >= 0.3 is 6.61 Å². The number of nitrogens with one attached hydrogen (secondary N) is 1. The van der Waals surface area contributed by atoms with Gasteiger partial charge in [-0.15, -0.1) is 12.4 Å². The van der Waals surface area contributed by atoms with Gasteiger partial charge in [-0.1, -0.05) is 18.2 Å².